The maximum absolute atomic E-state index is 13.3. The molecule has 6 nitrogen and oxygen atoms in total. The summed E-state index contributed by atoms with van der Waals surface area (Å²) in [6.07, 6.45) is 5.14. The van der Waals surface area contributed by atoms with Crippen LogP contribution in [0.1, 0.15) is 34.3 Å². The number of pyridine rings is 1. The first kappa shape index (κ1) is 27.4. The van der Waals surface area contributed by atoms with Crippen molar-refractivity contribution in [1.29, 1.82) is 0 Å². The van der Waals surface area contributed by atoms with Crippen molar-refractivity contribution >= 4 is 30.7 Å². The fraction of sp³-hybridized carbons (Fsp3) is 0.520. The van der Waals surface area contributed by atoms with Gasteiger partial charge in [0.05, 0.1) is 0 Å². The first-order valence-corrected chi connectivity index (χ1v) is 11.6. The number of hydrogen-bond acceptors (Lipinski definition) is 4. The number of carbonyl (C=O) groups excluding carboxylic acids is 1. The Kier molecular flexibility index (Phi) is 10.9. The molecule has 0 saturated carbocycles. The maximum Gasteiger partial charge on any atom is 0.263 e. The number of nitrogens with one attached hydrogen (secondary N) is 1. The smallest absolute Gasteiger partial charge is 0.263 e. The molecule has 1 aromatic carbocycles. The standard InChI is InChI=1S/C25H34N4O2.2ClH/c1-20-9-13-29(19-22-8-5-11-26-18-22)25(31)23(20)24(30)28-16-14-27(15-17-28)12-10-21-6-3-2-4-7-21;;/h2-4,6-7,9,13,22,26H,5,8,10-12,14-19H2,1H3;2*1H. The highest BCUT2D eigenvalue weighted by Gasteiger charge is 2.26. The van der Waals surface area contributed by atoms with Crippen LogP contribution in [0.5, 0.6) is 0 Å². The van der Waals surface area contributed by atoms with Gasteiger partial charge in [-0.25, -0.2) is 0 Å². The van der Waals surface area contributed by atoms with Crippen LogP contribution >= 0.6 is 24.8 Å². The normalized spacial score (nSPS) is 18.8. The van der Waals surface area contributed by atoms with Crippen molar-refractivity contribution in [2.24, 2.45) is 5.92 Å². The van der Waals surface area contributed by atoms with Crippen LogP contribution in [-0.2, 0) is 13.0 Å². The van der Waals surface area contributed by atoms with Crippen molar-refractivity contribution < 1.29 is 4.79 Å². The molecule has 1 atom stereocenters. The Morgan fingerprint density at radius 2 is 1.79 bits per heavy atom. The summed E-state index contributed by atoms with van der Waals surface area (Å²) in [4.78, 5) is 30.7. The number of piperazine rings is 1. The number of aryl methyl sites for hydroxylation is 1. The highest BCUT2D eigenvalue weighted by Crippen LogP contribution is 2.14. The molecule has 1 unspecified atom stereocenters. The van der Waals surface area contributed by atoms with Gasteiger partial charge in [-0.2, -0.15) is 0 Å². The van der Waals surface area contributed by atoms with E-state index in [-0.39, 0.29) is 36.3 Å². The summed E-state index contributed by atoms with van der Waals surface area (Å²) >= 11 is 0. The first-order valence-electron chi connectivity index (χ1n) is 11.6. The van der Waals surface area contributed by atoms with Gasteiger partial charge < -0.3 is 14.8 Å². The zero-order chi connectivity index (χ0) is 21.6. The molecule has 1 aromatic heterocycles. The fourth-order valence-electron chi connectivity index (χ4n) is 4.69. The number of hydrogen-bond donors (Lipinski definition) is 1. The van der Waals surface area contributed by atoms with Crippen LogP contribution in [0, 0.1) is 12.8 Å². The lowest BCUT2D eigenvalue weighted by atomic mass is 9.99. The summed E-state index contributed by atoms with van der Waals surface area (Å²) in [5.41, 5.74) is 2.33. The largest absolute Gasteiger partial charge is 0.336 e. The number of halogens is 2. The zero-order valence-corrected chi connectivity index (χ0v) is 21.0. The third-order valence-electron chi connectivity index (χ3n) is 6.66. The molecule has 2 aliphatic rings. The minimum Gasteiger partial charge on any atom is -0.336 e. The van der Waals surface area contributed by atoms with Gasteiger partial charge in [0.2, 0.25) is 0 Å². The summed E-state index contributed by atoms with van der Waals surface area (Å²) in [6, 6.07) is 12.4. The summed E-state index contributed by atoms with van der Waals surface area (Å²) in [5, 5.41) is 3.40. The van der Waals surface area contributed by atoms with Gasteiger partial charge >= 0.3 is 0 Å². The second-order valence-electron chi connectivity index (χ2n) is 8.91. The van der Waals surface area contributed by atoms with E-state index < -0.39 is 0 Å². The van der Waals surface area contributed by atoms with Crippen LogP contribution in [0.15, 0.2) is 47.4 Å². The Labute approximate surface area is 209 Å². The number of nitrogens with zero attached hydrogens (tertiary/aromatic N) is 3. The predicted octanol–water partition coefficient (Wildman–Crippen LogP) is 3.00. The molecule has 0 bridgehead atoms. The lowest BCUT2D eigenvalue weighted by Crippen LogP contribution is -2.50. The Hall–Kier alpha value is -1.86. The van der Waals surface area contributed by atoms with Crippen LogP contribution < -0.4 is 10.9 Å². The van der Waals surface area contributed by atoms with Gasteiger partial charge in [0.15, 0.2) is 0 Å². The predicted molar refractivity (Wildman–Crippen MR) is 138 cm³/mol. The maximum atomic E-state index is 13.3. The van der Waals surface area contributed by atoms with Crippen molar-refractivity contribution in [3.05, 3.63) is 69.6 Å². The Morgan fingerprint density at radius 3 is 2.45 bits per heavy atom. The number of carbonyl (C=O) groups is 1. The molecule has 33 heavy (non-hydrogen) atoms. The molecule has 0 spiro atoms. The van der Waals surface area contributed by atoms with E-state index in [1.54, 1.807) is 4.57 Å². The van der Waals surface area contributed by atoms with Gasteiger partial charge in [-0.05, 0) is 62.4 Å². The lowest BCUT2D eigenvalue weighted by molar-refractivity contribution is 0.0635. The number of amides is 1. The molecule has 0 aliphatic carbocycles. The average molecular weight is 495 g/mol. The van der Waals surface area contributed by atoms with Crippen molar-refractivity contribution in [3.63, 3.8) is 0 Å². The van der Waals surface area contributed by atoms with Crippen LogP contribution in [-0.4, -0.2) is 66.1 Å². The van der Waals surface area contributed by atoms with Crippen LogP contribution in [0.25, 0.3) is 0 Å². The second kappa shape index (κ2) is 13.1. The van der Waals surface area contributed by atoms with Crippen LogP contribution in [0.3, 0.4) is 0 Å². The van der Waals surface area contributed by atoms with Gasteiger partial charge in [0.1, 0.15) is 5.56 Å². The molecule has 4 rings (SSSR count). The quantitative estimate of drug-likeness (QED) is 0.670. The zero-order valence-electron chi connectivity index (χ0n) is 19.4. The fourth-order valence-corrected chi connectivity index (χ4v) is 4.69. The topological polar surface area (TPSA) is 57.6 Å². The number of piperidine rings is 1. The van der Waals surface area contributed by atoms with Crippen molar-refractivity contribution in [3.8, 4) is 0 Å². The van der Waals surface area contributed by atoms with Gasteiger partial charge in [0.25, 0.3) is 11.5 Å². The molecular formula is C25H36Cl2N4O2. The third-order valence-corrected chi connectivity index (χ3v) is 6.66. The van der Waals surface area contributed by atoms with Crippen molar-refractivity contribution in [1.82, 2.24) is 19.7 Å². The van der Waals surface area contributed by atoms with E-state index >= 15 is 0 Å². The minimum absolute atomic E-state index is 0. The molecule has 1 N–H and O–H groups in total. The second-order valence-corrected chi connectivity index (χ2v) is 8.91. The highest BCUT2D eigenvalue weighted by molar-refractivity contribution is 5.95. The number of rotatable bonds is 6. The molecule has 0 radical (unpaired) electrons. The van der Waals surface area contributed by atoms with E-state index in [4.69, 9.17) is 0 Å². The molecule has 1 amide bonds. The SMILES string of the molecule is Cc1ccn(CC2CCCNC2)c(=O)c1C(=O)N1CCN(CCc2ccccc2)CC1.Cl.Cl. The van der Waals surface area contributed by atoms with Crippen LogP contribution in [0.4, 0.5) is 0 Å². The summed E-state index contributed by atoms with van der Waals surface area (Å²) < 4.78 is 1.74. The third kappa shape index (κ3) is 7.06. The molecule has 2 aromatic rings. The minimum atomic E-state index is -0.137. The van der Waals surface area contributed by atoms with E-state index in [1.807, 2.05) is 30.2 Å². The van der Waals surface area contributed by atoms with Gasteiger partial charge in [0, 0.05) is 45.5 Å². The highest BCUT2D eigenvalue weighted by atomic mass is 35.5. The van der Waals surface area contributed by atoms with E-state index in [2.05, 4.69) is 34.5 Å². The molecule has 2 fully saturated rings. The van der Waals surface area contributed by atoms with Crippen molar-refractivity contribution in [2.75, 3.05) is 45.8 Å². The van der Waals surface area contributed by atoms with Gasteiger partial charge in [-0.15, -0.1) is 24.8 Å². The Morgan fingerprint density at radius 1 is 1.06 bits per heavy atom. The monoisotopic (exact) mass is 494 g/mol. The number of benzene rings is 1. The van der Waals surface area contributed by atoms with E-state index in [0.29, 0.717) is 31.1 Å². The van der Waals surface area contributed by atoms with E-state index in [0.717, 1.165) is 57.5 Å². The molecule has 8 heteroatoms. The summed E-state index contributed by atoms with van der Waals surface area (Å²) in [5.74, 6) is 0.339. The summed E-state index contributed by atoms with van der Waals surface area (Å²) in [6.45, 7) is 8.60. The lowest BCUT2D eigenvalue weighted by Gasteiger charge is -2.35. The molecular weight excluding hydrogens is 459 g/mol. The number of aromatic nitrogens is 1. The van der Waals surface area contributed by atoms with Crippen molar-refractivity contribution in [2.45, 2.75) is 32.7 Å². The van der Waals surface area contributed by atoms with Gasteiger partial charge in [-0.1, -0.05) is 30.3 Å². The molecule has 2 aliphatic heterocycles. The first-order chi connectivity index (χ1) is 15.1. The van der Waals surface area contributed by atoms with E-state index in [1.165, 1.54) is 5.56 Å². The molecule has 3 heterocycles. The Bertz CT molecular complexity index is 937. The molecule has 2 saturated heterocycles. The Balaban J connectivity index is 0.00000193. The average Bonchev–Trinajstić information content (AvgIpc) is 2.81. The molecule has 182 valence electrons. The summed E-state index contributed by atoms with van der Waals surface area (Å²) in [7, 11) is 0. The van der Waals surface area contributed by atoms with E-state index in [9.17, 15) is 9.59 Å². The van der Waals surface area contributed by atoms with Gasteiger partial charge in [-0.3, -0.25) is 14.5 Å². The van der Waals surface area contributed by atoms with Crippen LogP contribution in [0.2, 0.25) is 0 Å².